The fourth-order valence-corrected chi connectivity index (χ4v) is 2.78. The van der Waals surface area contributed by atoms with Crippen molar-refractivity contribution in [1.82, 2.24) is 25.4 Å². The first-order valence-electron chi connectivity index (χ1n) is 7.06. The van der Waals surface area contributed by atoms with Crippen molar-refractivity contribution < 1.29 is 4.74 Å². The number of hydrogen-bond acceptors (Lipinski definition) is 4. The molecule has 0 spiro atoms. The second-order valence-corrected chi connectivity index (χ2v) is 5.95. The van der Waals surface area contributed by atoms with E-state index >= 15 is 0 Å². The molecule has 0 aliphatic heterocycles. The Morgan fingerprint density at radius 2 is 1.96 bits per heavy atom. The molecule has 0 bridgehead atoms. The van der Waals surface area contributed by atoms with E-state index in [1.165, 1.54) is 6.33 Å². The Labute approximate surface area is 155 Å². The van der Waals surface area contributed by atoms with E-state index in [1.54, 1.807) is 23.9 Å². The molecule has 0 aliphatic carbocycles. The normalized spacial score (nSPS) is 11.5. The van der Waals surface area contributed by atoms with Gasteiger partial charge >= 0.3 is 0 Å². The van der Waals surface area contributed by atoms with Crippen LogP contribution in [0.25, 0.3) is 0 Å². The van der Waals surface area contributed by atoms with Crippen LogP contribution in [0.4, 0.5) is 0 Å². The summed E-state index contributed by atoms with van der Waals surface area (Å²) in [6.45, 7) is 1.37. The summed E-state index contributed by atoms with van der Waals surface area (Å²) in [4.78, 5) is 8.25. The van der Waals surface area contributed by atoms with Gasteiger partial charge in [-0.05, 0) is 12.1 Å². The maximum atomic E-state index is 6.06. The third-order valence-corrected chi connectivity index (χ3v) is 3.83. The molecule has 2 N–H and O–H groups in total. The van der Waals surface area contributed by atoms with Crippen molar-refractivity contribution in [2.24, 2.45) is 12.0 Å². The smallest absolute Gasteiger partial charge is 0.191 e. The zero-order chi connectivity index (χ0) is 17.5. The quantitative estimate of drug-likeness (QED) is 0.449. The van der Waals surface area contributed by atoms with Crippen molar-refractivity contribution in [2.75, 3.05) is 20.2 Å². The lowest BCUT2D eigenvalue weighted by atomic mass is 10.3. The number of aromatic nitrogens is 3. The summed E-state index contributed by atoms with van der Waals surface area (Å²) in [5, 5.41) is 11.5. The highest BCUT2D eigenvalue weighted by Crippen LogP contribution is 2.35. The van der Waals surface area contributed by atoms with Gasteiger partial charge in [-0.3, -0.25) is 9.67 Å². The molecule has 0 amide bonds. The van der Waals surface area contributed by atoms with E-state index in [1.807, 2.05) is 7.05 Å². The minimum absolute atomic E-state index is 0.353. The molecule has 1 aromatic carbocycles. The molecule has 2 aromatic rings. The number of guanidine groups is 1. The highest BCUT2D eigenvalue weighted by atomic mass is 35.5. The number of halogens is 3. The minimum Gasteiger partial charge on any atom is -0.489 e. The van der Waals surface area contributed by atoms with Crippen LogP contribution in [0.15, 0.2) is 23.5 Å². The molecule has 0 saturated heterocycles. The standard InChI is InChI=1S/C14H17Cl3N6O/c1-18-14(20-7-12-21-8-22-23(12)2)19-3-4-24-13-10(16)5-9(15)6-11(13)17/h5-6,8H,3-4,7H2,1-2H3,(H2,18,19,20). The Kier molecular flexibility index (Phi) is 6.96. The van der Waals surface area contributed by atoms with Crippen molar-refractivity contribution in [1.29, 1.82) is 0 Å². The summed E-state index contributed by atoms with van der Waals surface area (Å²) in [7, 11) is 3.51. The summed E-state index contributed by atoms with van der Waals surface area (Å²) >= 11 is 18.0. The topological polar surface area (TPSA) is 76.4 Å². The molecule has 1 aromatic heterocycles. The van der Waals surface area contributed by atoms with Crippen molar-refractivity contribution in [3.8, 4) is 5.75 Å². The van der Waals surface area contributed by atoms with Gasteiger partial charge in [0.1, 0.15) is 18.8 Å². The number of nitrogens with one attached hydrogen (secondary N) is 2. The van der Waals surface area contributed by atoms with Crippen LogP contribution in [0, 0.1) is 0 Å². The summed E-state index contributed by atoms with van der Waals surface area (Å²) in [6, 6.07) is 3.16. The van der Waals surface area contributed by atoms with Crippen LogP contribution in [-0.4, -0.2) is 40.9 Å². The fourth-order valence-electron chi connectivity index (χ4n) is 1.85. The first-order chi connectivity index (χ1) is 11.5. The molecule has 0 aliphatic rings. The second-order valence-electron chi connectivity index (χ2n) is 4.70. The number of aliphatic imine (C=N–C) groups is 1. The van der Waals surface area contributed by atoms with Gasteiger partial charge in [-0.1, -0.05) is 34.8 Å². The van der Waals surface area contributed by atoms with Crippen LogP contribution in [0.1, 0.15) is 5.82 Å². The molecule has 0 atom stereocenters. The zero-order valence-electron chi connectivity index (χ0n) is 13.2. The third kappa shape index (κ3) is 5.15. The number of benzene rings is 1. The predicted octanol–water partition coefficient (Wildman–Crippen LogP) is 2.52. The monoisotopic (exact) mass is 390 g/mol. The Bertz CT molecular complexity index is 695. The van der Waals surface area contributed by atoms with Gasteiger partial charge in [0.15, 0.2) is 11.7 Å². The van der Waals surface area contributed by atoms with E-state index < -0.39 is 0 Å². The molecule has 130 valence electrons. The fraction of sp³-hybridized carbons (Fsp3) is 0.357. The van der Waals surface area contributed by atoms with Gasteiger partial charge in [-0.25, -0.2) is 4.98 Å². The molecule has 0 saturated carbocycles. The number of hydrogen-bond donors (Lipinski definition) is 2. The first kappa shape index (κ1) is 18.6. The average Bonchev–Trinajstić information content (AvgIpc) is 2.93. The van der Waals surface area contributed by atoms with E-state index in [-0.39, 0.29) is 0 Å². The van der Waals surface area contributed by atoms with Crippen molar-refractivity contribution >= 4 is 40.8 Å². The van der Waals surface area contributed by atoms with Gasteiger partial charge in [-0.2, -0.15) is 5.10 Å². The molecule has 0 fully saturated rings. The van der Waals surface area contributed by atoms with E-state index in [4.69, 9.17) is 39.5 Å². The van der Waals surface area contributed by atoms with Crippen molar-refractivity contribution in [2.45, 2.75) is 6.54 Å². The SMILES string of the molecule is CN=C(NCCOc1c(Cl)cc(Cl)cc1Cl)NCc1ncnn1C. The molecule has 24 heavy (non-hydrogen) atoms. The molecule has 0 radical (unpaired) electrons. The van der Waals surface area contributed by atoms with Gasteiger partial charge in [-0.15, -0.1) is 0 Å². The van der Waals surface area contributed by atoms with Crippen LogP contribution in [0.5, 0.6) is 5.75 Å². The predicted molar refractivity (Wildman–Crippen MR) is 96.2 cm³/mol. The Hall–Kier alpha value is -1.70. The lowest BCUT2D eigenvalue weighted by Crippen LogP contribution is -2.39. The lowest BCUT2D eigenvalue weighted by molar-refractivity contribution is 0.322. The van der Waals surface area contributed by atoms with Crippen LogP contribution in [0.2, 0.25) is 15.1 Å². The largest absolute Gasteiger partial charge is 0.489 e. The highest BCUT2D eigenvalue weighted by Gasteiger charge is 2.09. The minimum atomic E-state index is 0.353. The van der Waals surface area contributed by atoms with Crippen LogP contribution < -0.4 is 15.4 Å². The molecular formula is C14H17Cl3N6O. The number of rotatable bonds is 6. The van der Waals surface area contributed by atoms with E-state index in [2.05, 4.69) is 25.7 Å². The molecular weight excluding hydrogens is 375 g/mol. The molecule has 0 unspecified atom stereocenters. The number of aryl methyl sites for hydroxylation is 1. The van der Waals surface area contributed by atoms with Crippen LogP contribution >= 0.6 is 34.8 Å². The molecule has 1 heterocycles. The van der Waals surface area contributed by atoms with Crippen LogP contribution in [0.3, 0.4) is 0 Å². The Morgan fingerprint density at radius 1 is 1.25 bits per heavy atom. The van der Waals surface area contributed by atoms with E-state index in [0.717, 1.165) is 5.82 Å². The first-order valence-corrected chi connectivity index (χ1v) is 8.19. The lowest BCUT2D eigenvalue weighted by Gasteiger charge is -2.13. The zero-order valence-corrected chi connectivity index (χ0v) is 15.5. The van der Waals surface area contributed by atoms with Gasteiger partial charge < -0.3 is 15.4 Å². The maximum absolute atomic E-state index is 6.06. The van der Waals surface area contributed by atoms with Gasteiger partial charge in [0.05, 0.1) is 23.1 Å². The second kappa shape index (κ2) is 8.96. The summed E-state index contributed by atoms with van der Waals surface area (Å²) < 4.78 is 7.28. The highest BCUT2D eigenvalue weighted by molar-refractivity contribution is 6.40. The van der Waals surface area contributed by atoms with E-state index in [0.29, 0.717) is 46.5 Å². The molecule has 7 nitrogen and oxygen atoms in total. The van der Waals surface area contributed by atoms with Gasteiger partial charge in [0.2, 0.25) is 0 Å². The van der Waals surface area contributed by atoms with E-state index in [9.17, 15) is 0 Å². The van der Waals surface area contributed by atoms with Gasteiger partial charge in [0, 0.05) is 19.1 Å². The third-order valence-electron chi connectivity index (χ3n) is 3.05. The molecule has 2 rings (SSSR count). The summed E-state index contributed by atoms with van der Waals surface area (Å²) in [5.41, 5.74) is 0. The Morgan fingerprint density at radius 3 is 2.54 bits per heavy atom. The van der Waals surface area contributed by atoms with Crippen molar-refractivity contribution in [3.05, 3.63) is 39.4 Å². The number of ether oxygens (including phenoxy) is 1. The van der Waals surface area contributed by atoms with Crippen LogP contribution in [-0.2, 0) is 13.6 Å². The van der Waals surface area contributed by atoms with Crippen molar-refractivity contribution in [3.63, 3.8) is 0 Å². The molecule has 10 heteroatoms. The summed E-state index contributed by atoms with van der Waals surface area (Å²) in [6.07, 6.45) is 1.50. The summed E-state index contributed by atoms with van der Waals surface area (Å²) in [5.74, 6) is 1.83. The average molecular weight is 392 g/mol. The Balaban J connectivity index is 1.77. The van der Waals surface area contributed by atoms with Gasteiger partial charge in [0.25, 0.3) is 0 Å². The number of nitrogens with zero attached hydrogens (tertiary/aromatic N) is 4. The maximum Gasteiger partial charge on any atom is 0.191 e.